The van der Waals surface area contributed by atoms with Gasteiger partial charge in [0.25, 0.3) is 20.4 Å². The minimum Gasteiger partial charge on any atom is -0.324 e. The summed E-state index contributed by atoms with van der Waals surface area (Å²) in [5.74, 6) is 0. The molecule has 8 atom stereocenters. The Bertz CT molecular complexity index is 870. The summed E-state index contributed by atoms with van der Waals surface area (Å²) in [5, 5.41) is 0. The van der Waals surface area contributed by atoms with Crippen LogP contribution in [0.3, 0.4) is 0 Å². The fourth-order valence-electron chi connectivity index (χ4n) is 5.26. The minimum absolute atomic E-state index is 0.335. The number of hydrogen-bond donors (Lipinski definition) is 0. The van der Waals surface area contributed by atoms with E-state index < -0.39 is 57.9 Å². The molecular formula is C22H42N4O8S2. The monoisotopic (exact) mass is 554 g/mol. The molecule has 0 radical (unpaired) electrons. The highest BCUT2D eigenvalue weighted by Gasteiger charge is 2.65. The fraction of sp³-hybridized carbons (Fsp3) is 1.00. The Morgan fingerprint density at radius 3 is 0.861 bits per heavy atom. The first-order chi connectivity index (χ1) is 16.9. The number of rotatable bonds is 8. The van der Waals surface area contributed by atoms with Gasteiger partial charge < -0.3 is 18.9 Å². The van der Waals surface area contributed by atoms with Crippen molar-refractivity contribution in [3.8, 4) is 0 Å². The van der Waals surface area contributed by atoms with Gasteiger partial charge in [0.15, 0.2) is 24.9 Å². The maximum absolute atomic E-state index is 13.6. The van der Waals surface area contributed by atoms with E-state index in [1.54, 1.807) is 0 Å². The van der Waals surface area contributed by atoms with Crippen LogP contribution in [0.5, 0.6) is 0 Å². The van der Waals surface area contributed by atoms with Gasteiger partial charge in [-0.15, -0.1) is 0 Å². The summed E-state index contributed by atoms with van der Waals surface area (Å²) in [5.41, 5.74) is 0. The molecule has 0 aromatic carbocycles. The van der Waals surface area contributed by atoms with Gasteiger partial charge in [0.05, 0.1) is 0 Å². The number of fused-ring (bicyclic) bond motifs is 3. The van der Waals surface area contributed by atoms with E-state index in [-0.39, 0.29) is 24.2 Å². The minimum atomic E-state index is -3.88. The molecule has 0 aromatic heterocycles. The van der Waals surface area contributed by atoms with Crippen LogP contribution in [-0.2, 0) is 39.4 Å². The lowest BCUT2D eigenvalue weighted by atomic mass is 10.2. The number of hydrogen-bond acceptors (Lipinski definition) is 8. The normalized spacial score (nSPS) is 40.2. The van der Waals surface area contributed by atoms with Gasteiger partial charge in [0.2, 0.25) is 12.6 Å². The van der Waals surface area contributed by atoms with Crippen LogP contribution >= 0.6 is 0 Å². The molecule has 0 amide bonds. The summed E-state index contributed by atoms with van der Waals surface area (Å²) < 4.78 is 84.9. The van der Waals surface area contributed by atoms with E-state index in [0.717, 1.165) is 0 Å². The molecule has 12 nitrogen and oxygen atoms in total. The van der Waals surface area contributed by atoms with Crippen LogP contribution in [0.15, 0.2) is 0 Å². The zero-order chi connectivity index (χ0) is 26.7. The Morgan fingerprint density at radius 2 is 0.694 bits per heavy atom. The van der Waals surface area contributed by atoms with E-state index in [2.05, 4.69) is 0 Å². The Kier molecular flexibility index (Phi) is 8.16. The SMILES string of the molecule is CCC(C)N1C2OC3OC4C(OC3OC2N(C(C)CC)S1(=O)=O)N(C(C)CC)S(=O)(=O)N4C(C)CC. The predicted octanol–water partition coefficient (Wildman–Crippen LogP) is 1.96. The predicted molar refractivity (Wildman–Crippen MR) is 131 cm³/mol. The first-order valence-electron chi connectivity index (χ1n) is 13.1. The molecule has 0 aromatic rings. The van der Waals surface area contributed by atoms with Gasteiger partial charge in [-0.3, -0.25) is 0 Å². The first kappa shape index (κ1) is 28.6. The Balaban J connectivity index is 1.71. The summed E-state index contributed by atoms with van der Waals surface area (Å²) in [4.78, 5) is 0. The molecule has 4 aliphatic rings. The second kappa shape index (κ2) is 10.3. The van der Waals surface area contributed by atoms with Gasteiger partial charge in [0.1, 0.15) is 0 Å². The van der Waals surface area contributed by atoms with Crippen molar-refractivity contribution in [3.63, 3.8) is 0 Å². The second-order valence-electron chi connectivity index (χ2n) is 10.2. The van der Waals surface area contributed by atoms with Crippen LogP contribution in [0, 0.1) is 0 Å². The molecule has 0 aliphatic carbocycles. The van der Waals surface area contributed by atoms with E-state index in [1.807, 2.05) is 55.4 Å². The molecule has 14 heteroatoms. The standard InChI is InChI=1S/C22H42N4O8S2/c1-9-13(5)23-17-18(24(14(6)10-2)35(23,27)28)32-22-21(31-17)33-19-20(34-22)26(16(8)12-4)36(29,30)25(19)15(7)11-3/h13-22H,9-12H2,1-8H3. The Morgan fingerprint density at radius 1 is 0.500 bits per heavy atom. The molecule has 4 aliphatic heterocycles. The van der Waals surface area contributed by atoms with Crippen LogP contribution in [-0.4, -0.2) is 95.7 Å². The van der Waals surface area contributed by atoms with Crippen molar-refractivity contribution in [2.75, 3.05) is 0 Å². The zero-order valence-electron chi connectivity index (χ0n) is 22.5. The highest BCUT2D eigenvalue weighted by atomic mass is 32.2. The molecule has 210 valence electrons. The van der Waals surface area contributed by atoms with Crippen molar-refractivity contribution >= 4 is 20.4 Å². The highest BCUT2D eigenvalue weighted by molar-refractivity contribution is 7.87. The molecule has 0 N–H and O–H groups in total. The van der Waals surface area contributed by atoms with Crippen LogP contribution in [0.25, 0.3) is 0 Å². The van der Waals surface area contributed by atoms with Crippen molar-refractivity contribution in [1.82, 2.24) is 17.2 Å². The molecule has 4 heterocycles. The largest absolute Gasteiger partial charge is 0.324 e. The molecular weight excluding hydrogens is 512 g/mol. The molecule has 8 unspecified atom stereocenters. The van der Waals surface area contributed by atoms with E-state index >= 15 is 0 Å². The smallest absolute Gasteiger partial charge is 0.287 e. The molecule has 0 saturated carbocycles. The quantitative estimate of drug-likeness (QED) is 0.447. The number of ether oxygens (including phenoxy) is 4. The molecule has 4 rings (SSSR count). The molecule has 36 heavy (non-hydrogen) atoms. The van der Waals surface area contributed by atoms with E-state index in [0.29, 0.717) is 25.7 Å². The van der Waals surface area contributed by atoms with E-state index in [1.165, 1.54) is 17.2 Å². The van der Waals surface area contributed by atoms with Gasteiger partial charge in [-0.2, -0.15) is 34.1 Å². The van der Waals surface area contributed by atoms with Gasteiger partial charge in [-0.1, -0.05) is 27.7 Å². The van der Waals surface area contributed by atoms with Crippen molar-refractivity contribution in [2.45, 2.75) is 143 Å². The molecule has 0 bridgehead atoms. The third-order valence-corrected chi connectivity index (χ3v) is 12.4. The van der Waals surface area contributed by atoms with Crippen LogP contribution < -0.4 is 0 Å². The maximum atomic E-state index is 13.6. The topological polar surface area (TPSA) is 118 Å². The molecule has 4 fully saturated rings. The average Bonchev–Trinajstić information content (AvgIpc) is 3.20. The third kappa shape index (κ3) is 4.25. The lowest BCUT2D eigenvalue weighted by Gasteiger charge is -2.47. The van der Waals surface area contributed by atoms with Crippen LogP contribution in [0.2, 0.25) is 0 Å². The zero-order valence-corrected chi connectivity index (χ0v) is 24.1. The summed E-state index contributed by atoms with van der Waals surface area (Å²) in [6, 6.07) is -1.34. The van der Waals surface area contributed by atoms with Gasteiger partial charge in [-0.25, -0.2) is 0 Å². The second-order valence-corrected chi connectivity index (χ2v) is 13.7. The first-order valence-corrected chi connectivity index (χ1v) is 15.9. The van der Waals surface area contributed by atoms with Gasteiger partial charge in [-0.05, 0) is 53.4 Å². The average molecular weight is 555 g/mol. The Labute approximate surface area is 216 Å². The van der Waals surface area contributed by atoms with Gasteiger partial charge in [0, 0.05) is 24.2 Å². The van der Waals surface area contributed by atoms with Crippen LogP contribution in [0.1, 0.15) is 81.1 Å². The van der Waals surface area contributed by atoms with E-state index in [4.69, 9.17) is 18.9 Å². The molecule has 4 saturated heterocycles. The number of nitrogens with zero attached hydrogens (tertiary/aromatic N) is 4. The fourth-order valence-corrected chi connectivity index (χ4v) is 9.77. The Hall–Kier alpha value is -0.420. The van der Waals surface area contributed by atoms with Crippen molar-refractivity contribution in [1.29, 1.82) is 0 Å². The lowest BCUT2D eigenvalue weighted by Crippen LogP contribution is -2.64. The van der Waals surface area contributed by atoms with Crippen molar-refractivity contribution < 1.29 is 35.8 Å². The van der Waals surface area contributed by atoms with Gasteiger partial charge >= 0.3 is 0 Å². The maximum Gasteiger partial charge on any atom is 0.287 e. The lowest BCUT2D eigenvalue weighted by molar-refractivity contribution is -0.443. The van der Waals surface area contributed by atoms with Crippen molar-refractivity contribution in [2.24, 2.45) is 0 Å². The van der Waals surface area contributed by atoms with Crippen molar-refractivity contribution in [3.05, 3.63) is 0 Å². The summed E-state index contributed by atoms with van der Waals surface area (Å²) >= 11 is 0. The summed E-state index contributed by atoms with van der Waals surface area (Å²) in [6.45, 7) is 15.0. The summed E-state index contributed by atoms with van der Waals surface area (Å²) in [6.07, 6.45) is -3.63. The third-order valence-electron chi connectivity index (χ3n) is 7.97. The van der Waals surface area contributed by atoms with E-state index in [9.17, 15) is 16.8 Å². The van der Waals surface area contributed by atoms with Crippen LogP contribution in [0.4, 0.5) is 0 Å². The highest BCUT2D eigenvalue weighted by Crippen LogP contribution is 2.45. The summed E-state index contributed by atoms with van der Waals surface area (Å²) in [7, 11) is -7.76. The molecule has 0 spiro atoms.